The molecule has 2 heterocycles. The number of hydrogen-bond acceptors (Lipinski definition) is 6. The van der Waals surface area contributed by atoms with Gasteiger partial charge in [0, 0.05) is 45.8 Å². The maximum Gasteiger partial charge on any atom is 0.237 e. The third kappa shape index (κ3) is 6.69. The van der Waals surface area contributed by atoms with Crippen LogP contribution in [0, 0.1) is 0 Å². The molecule has 0 saturated carbocycles. The first-order valence-electron chi connectivity index (χ1n) is 11.2. The van der Waals surface area contributed by atoms with Crippen LogP contribution >= 0.6 is 24.8 Å². The summed E-state index contributed by atoms with van der Waals surface area (Å²) in [5.41, 5.74) is 3.67. The van der Waals surface area contributed by atoms with Crippen molar-refractivity contribution in [3.63, 3.8) is 0 Å². The van der Waals surface area contributed by atoms with E-state index in [0.29, 0.717) is 18.8 Å². The molecule has 1 fully saturated rings. The van der Waals surface area contributed by atoms with Crippen molar-refractivity contribution >= 4 is 30.7 Å². The number of nitrogens with zero attached hydrogens (tertiary/aromatic N) is 3. The largest absolute Gasteiger partial charge is 0.497 e. The molecule has 7 nitrogen and oxygen atoms in total. The first-order chi connectivity index (χ1) is 15.6. The van der Waals surface area contributed by atoms with E-state index in [4.69, 9.17) is 14.2 Å². The van der Waals surface area contributed by atoms with Crippen molar-refractivity contribution in [1.82, 2.24) is 14.7 Å². The lowest BCUT2D eigenvalue weighted by atomic mass is 9.98. The molecule has 188 valence electrons. The van der Waals surface area contributed by atoms with Crippen LogP contribution in [-0.2, 0) is 24.3 Å². The first kappa shape index (κ1) is 28.1. The highest BCUT2D eigenvalue weighted by atomic mass is 35.5. The van der Waals surface area contributed by atoms with Crippen LogP contribution in [0.3, 0.4) is 0 Å². The van der Waals surface area contributed by atoms with E-state index < -0.39 is 0 Å². The van der Waals surface area contributed by atoms with E-state index in [1.54, 1.807) is 21.3 Å². The van der Waals surface area contributed by atoms with Crippen LogP contribution in [0.15, 0.2) is 36.4 Å². The second-order valence-electron chi connectivity index (χ2n) is 8.44. The monoisotopic (exact) mass is 511 g/mol. The maximum absolute atomic E-state index is 13.0. The van der Waals surface area contributed by atoms with Crippen molar-refractivity contribution in [3.05, 3.63) is 53.1 Å². The highest BCUT2D eigenvalue weighted by Crippen LogP contribution is 2.33. The third-order valence-corrected chi connectivity index (χ3v) is 6.46. The summed E-state index contributed by atoms with van der Waals surface area (Å²) >= 11 is 0. The average molecular weight is 512 g/mol. The minimum absolute atomic E-state index is 0. The van der Waals surface area contributed by atoms with E-state index in [9.17, 15) is 4.79 Å². The lowest BCUT2D eigenvalue weighted by Gasteiger charge is -2.36. The van der Waals surface area contributed by atoms with Crippen LogP contribution in [0.25, 0.3) is 0 Å². The number of fused-ring (bicyclic) bond motifs is 1. The van der Waals surface area contributed by atoms with Gasteiger partial charge in [0.15, 0.2) is 11.5 Å². The number of methoxy groups -OCH3 is 3. The Morgan fingerprint density at radius 1 is 0.794 bits per heavy atom. The Bertz CT molecular complexity index is 935. The fraction of sp³-hybridized carbons (Fsp3) is 0.480. The molecule has 1 saturated heterocycles. The minimum atomic E-state index is 0. The summed E-state index contributed by atoms with van der Waals surface area (Å²) in [4.78, 5) is 19.7. The topological polar surface area (TPSA) is 54.5 Å². The number of ether oxygens (including phenoxy) is 3. The quantitative estimate of drug-likeness (QED) is 0.568. The van der Waals surface area contributed by atoms with Gasteiger partial charge in [-0.05, 0) is 47.4 Å². The number of benzene rings is 2. The normalized spacial score (nSPS) is 16.0. The maximum atomic E-state index is 13.0. The number of rotatable bonds is 7. The van der Waals surface area contributed by atoms with Gasteiger partial charge in [-0.15, -0.1) is 24.8 Å². The SMILES string of the molecule is COc1ccc(CN2CCN(CC(=O)N3CCc4cc(OC)c(OC)cc4C3)CC2)cc1.Cl.Cl. The predicted molar refractivity (Wildman–Crippen MR) is 138 cm³/mol. The van der Waals surface area contributed by atoms with Crippen molar-refractivity contribution in [2.45, 2.75) is 19.5 Å². The molecule has 0 N–H and O–H groups in total. The zero-order valence-corrected chi connectivity index (χ0v) is 21.8. The van der Waals surface area contributed by atoms with Crippen molar-refractivity contribution in [2.24, 2.45) is 0 Å². The molecule has 0 aromatic heterocycles. The van der Waals surface area contributed by atoms with Gasteiger partial charge in [0.2, 0.25) is 5.91 Å². The van der Waals surface area contributed by atoms with Gasteiger partial charge in [-0.25, -0.2) is 0 Å². The second-order valence-corrected chi connectivity index (χ2v) is 8.44. The summed E-state index contributed by atoms with van der Waals surface area (Å²) < 4.78 is 16.1. The summed E-state index contributed by atoms with van der Waals surface area (Å²) in [7, 11) is 4.98. The standard InChI is InChI=1S/C25H33N3O4.2ClH/c1-30-22-6-4-19(5-7-22)16-26-10-12-27(13-11-26)18-25(29)28-9-8-20-14-23(31-2)24(32-3)15-21(20)17-28;;/h4-7,14-15H,8-13,16-18H2,1-3H3;2*1H. The first-order valence-corrected chi connectivity index (χ1v) is 11.2. The molecule has 2 aliphatic rings. The Balaban J connectivity index is 0.00000204. The molecule has 0 spiro atoms. The highest BCUT2D eigenvalue weighted by molar-refractivity contribution is 5.85. The zero-order valence-electron chi connectivity index (χ0n) is 20.1. The predicted octanol–water partition coefficient (Wildman–Crippen LogP) is 3.26. The van der Waals surface area contributed by atoms with Gasteiger partial charge in [-0.2, -0.15) is 0 Å². The molecule has 9 heteroatoms. The van der Waals surface area contributed by atoms with Crippen molar-refractivity contribution in [2.75, 3.05) is 60.6 Å². The van der Waals surface area contributed by atoms with E-state index >= 15 is 0 Å². The van der Waals surface area contributed by atoms with E-state index in [0.717, 1.165) is 62.8 Å². The lowest BCUT2D eigenvalue weighted by Crippen LogP contribution is -2.50. The molecule has 34 heavy (non-hydrogen) atoms. The Labute approximate surface area is 214 Å². The fourth-order valence-corrected chi connectivity index (χ4v) is 4.48. The van der Waals surface area contributed by atoms with Gasteiger partial charge >= 0.3 is 0 Å². The molecule has 2 aliphatic heterocycles. The molecule has 4 rings (SSSR count). The van der Waals surface area contributed by atoms with Crippen molar-refractivity contribution in [3.8, 4) is 17.2 Å². The molecule has 0 unspecified atom stereocenters. The van der Waals surface area contributed by atoms with Crippen LogP contribution < -0.4 is 14.2 Å². The molecule has 2 aromatic rings. The lowest BCUT2D eigenvalue weighted by molar-refractivity contribution is -0.133. The van der Waals surface area contributed by atoms with Crippen LogP contribution in [0.1, 0.15) is 16.7 Å². The van der Waals surface area contributed by atoms with Gasteiger partial charge in [-0.1, -0.05) is 12.1 Å². The van der Waals surface area contributed by atoms with Crippen LogP contribution in [0.5, 0.6) is 17.2 Å². The van der Waals surface area contributed by atoms with E-state index in [-0.39, 0.29) is 30.7 Å². The van der Waals surface area contributed by atoms with Gasteiger partial charge < -0.3 is 19.1 Å². The number of piperazine rings is 1. The van der Waals surface area contributed by atoms with Gasteiger partial charge in [0.25, 0.3) is 0 Å². The summed E-state index contributed by atoms with van der Waals surface area (Å²) in [6, 6.07) is 12.3. The third-order valence-electron chi connectivity index (χ3n) is 6.46. The Morgan fingerprint density at radius 3 is 1.97 bits per heavy atom. The Hall–Kier alpha value is -2.19. The van der Waals surface area contributed by atoms with Gasteiger partial charge in [0.05, 0.1) is 27.9 Å². The van der Waals surface area contributed by atoms with Crippen LogP contribution in [0.2, 0.25) is 0 Å². The highest BCUT2D eigenvalue weighted by Gasteiger charge is 2.25. The van der Waals surface area contributed by atoms with Crippen molar-refractivity contribution < 1.29 is 19.0 Å². The van der Waals surface area contributed by atoms with Crippen LogP contribution in [-0.4, -0.2) is 81.2 Å². The number of carbonyl (C=O) groups is 1. The molecule has 1 amide bonds. The summed E-state index contributed by atoms with van der Waals surface area (Å²) in [6.07, 6.45) is 0.844. The average Bonchev–Trinajstić information content (AvgIpc) is 2.84. The number of hydrogen-bond donors (Lipinski definition) is 0. The van der Waals surface area contributed by atoms with Gasteiger partial charge in [0.1, 0.15) is 5.75 Å². The second kappa shape index (κ2) is 13.0. The van der Waals surface area contributed by atoms with E-state index in [2.05, 4.69) is 21.9 Å². The van der Waals surface area contributed by atoms with E-state index in [1.165, 1.54) is 11.1 Å². The summed E-state index contributed by atoms with van der Waals surface area (Å²) in [5.74, 6) is 2.55. The molecular weight excluding hydrogens is 477 g/mol. The molecule has 0 bridgehead atoms. The smallest absolute Gasteiger partial charge is 0.237 e. The summed E-state index contributed by atoms with van der Waals surface area (Å²) in [5, 5.41) is 0. The number of amides is 1. The number of carbonyl (C=O) groups excluding carboxylic acids is 1. The number of halogens is 2. The summed E-state index contributed by atoms with van der Waals surface area (Å²) in [6.45, 7) is 6.57. The Morgan fingerprint density at radius 2 is 1.38 bits per heavy atom. The van der Waals surface area contributed by atoms with Crippen molar-refractivity contribution in [1.29, 1.82) is 0 Å². The molecule has 2 aromatic carbocycles. The fourth-order valence-electron chi connectivity index (χ4n) is 4.48. The van der Waals surface area contributed by atoms with Gasteiger partial charge in [-0.3, -0.25) is 14.6 Å². The molecule has 0 atom stereocenters. The minimum Gasteiger partial charge on any atom is -0.497 e. The molecular formula is C25H35Cl2N3O4. The zero-order chi connectivity index (χ0) is 22.5. The molecule has 0 radical (unpaired) electrons. The van der Waals surface area contributed by atoms with Crippen LogP contribution in [0.4, 0.5) is 0 Å². The van der Waals surface area contributed by atoms with E-state index in [1.807, 2.05) is 29.2 Å². The molecule has 0 aliphatic carbocycles. The Kier molecular flexibility index (Phi) is 10.8.